The highest BCUT2D eigenvalue weighted by Gasteiger charge is 2.23. The smallest absolute Gasteiger partial charge is 0.227 e. The lowest BCUT2D eigenvalue weighted by atomic mass is 10.1. The van der Waals surface area contributed by atoms with Gasteiger partial charge in [-0.05, 0) is 55.0 Å². The van der Waals surface area contributed by atoms with Crippen LogP contribution in [0.2, 0.25) is 0 Å². The molecule has 1 aromatic heterocycles. The lowest BCUT2D eigenvalue weighted by molar-refractivity contribution is -0.130. The zero-order valence-corrected chi connectivity index (χ0v) is 16.2. The number of aryl methyl sites for hydroxylation is 1. The van der Waals surface area contributed by atoms with Crippen LogP contribution in [-0.4, -0.2) is 49.1 Å². The van der Waals surface area contributed by atoms with Crippen molar-refractivity contribution in [2.75, 3.05) is 38.2 Å². The summed E-state index contributed by atoms with van der Waals surface area (Å²) in [6.07, 6.45) is 0.290. The van der Waals surface area contributed by atoms with Gasteiger partial charge < -0.3 is 19.5 Å². The molecule has 0 saturated carbocycles. The third kappa shape index (κ3) is 3.54. The van der Waals surface area contributed by atoms with Crippen LogP contribution in [0.15, 0.2) is 42.5 Å². The van der Waals surface area contributed by atoms with Gasteiger partial charge in [0.1, 0.15) is 11.6 Å². The quantitative estimate of drug-likeness (QED) is 0.752. The Hall–Kier alpha value is -3.02. The molecule has 2 heterocycles. The fraction of sp³-hybridized carbons (Fsp3) is 0.318. The first-order valence-electron chi connectivity index (χ1n) is 9.48. The minimum absolute atomic E-state index is 0.0858. The van der Waals surface area contributed by atoms with Crippen molar-refractivity contribution in [3.63, 3.8) is 0 Å². The summed E-state index contributed by atoms with van der Waals surface area (Å²) in [7, 11) is 1.66. The number of carbonyl (C=O) groups excluding carboxylic acids is 1. The van der Waals surface area contributed by atoms with Gasteiger partial charge in [0.05, 0.1) is 13.5 Å². The maximum Gasteiger partial charge on any atom is 0.227 e. The molecule has 0 unspecified atom stereocenters. The zero-order chi connectivity index (χ0) is 19.7. The van der Waals surface area contributed by atoms with Gasteiger partial charge in [-0.25, -0.2) is 4.39 Å². The average Bonchev–Trinajstić information content (AvgIpc) is 3.03. The summed E-state index contributed by atoms with van der Waals surface area (Å²) < 4.78 is 18.9. The monoisotopic (exact) mass is 381 g/mol. The molecule has 6 heteroatoms. The predicted molar refractivity (Wildman–Crippen MR) is 108 cm³/mol. The van der Waals surface area contributed by atoms with Gasteiger partial charge in [-0.1, -0.05) is 0 Å². The number of amides is 1. The molecule has 1 fully saturated rings. The van der Waals surface area contributed by atoms with Crippen LogP contribution in [0, 0.1) is 12.7 Å². The van der Waals surface area contributed by atoms with Crippen molar-refractivity contribution in [2.24, 2.45) is 0 Å². The van der Waals surface area contributed by atoms with Crippen molar-refractivity contribution >= 4 is 22.5 Å². The second kappa shape index (κ2) is 7.54. The summed E-state index contributed by atoms with van der Waals surface area (Å²) in [5.74, 6) is 0.638. The molecule has 0 bridgehead atoms. The Bertz CT molecular complexity index is 989. The van der Waals surface area contributed by atoms with E-state index in [0.29, 0.717) is 13.1 Å². The molecule has 1 N–H and O–H groups in total. The fourth-order valence-corrected chi connectivity index (χ4v) is 3.85. The molecule has 146 valence electrons. The molecule has 5 nitrogen and oxygen atoms in total. The third-order valence-electron chi connectivity index (χ3n) is 5.48. The molecule has 0 aliphatic carbocycles. The second-order valence-electron chi connectivity index (χ2n) is 7.16. The maximum absolute atomic E-state index is 13.6. The van der Waals surface area contributed by atoms with Crippen LogP contribution in [0.1, 0.15) is 11.3 Å². The lowest BCUT2D eigenvalue weighted by Crippen LogP contribution is -2.49. The largest absolute Gasteiger partial charge is 0.497 e. The number of aromatic amines is 1. The Kier molecular flexibility index (Phi) is 4.94. The number of aromatic nitrogens is 1. The number of fused-ring (bicyclic) bond motifs is 1. The molecule has 2 aromatic carbocycles. The average molecular weight is 381 g/mol. The van der Waals surface area contributed by atoms with Crippen molar-refractivity contribution in [1.82, 2.24) is 9.88 Å². The zero-order valence-electron chi connectivity index (χ0n) is 16.2. The van der Waals surface area contributed by atoms with E-state index in [0.717, 1.165) is 46.7 Å². The first-order chi connectivity index (χ1) is 13.5. The number of H-pyrrole nitrogens is 1. The van der Waals surface area contributed by atoms with Crippen LogP contribution in [0.25, 0.3) is 10.9 Å². The molecular formula is C22H24FN3O2. The highest BCUT2D eigenvalue weighted by atomic mass is 19.1. The molecule has 28 heavy (non-hydrogen) atoms. The summed E-state index contributed by atoms with van der Waals surface area (Å²) in [5.41, 5.74) is 3.81. The first-order valence-corrected chi connectivity index (χ1v) is 9.48. The van der Waals surface area contributed by atoms with Crippen molar-refractivity contribution in [3.8, 4) is 5.75 Å². The molecule has 4 rings (SSSR count). The van der Waals surface area contributed by atoms with E-state index in [1.807, 2.05) is 36.1 Å². The molecule has 3 aromatic rings. The number of nitrogens with one attached hydrogen (secondary N) is 1. The maximum atomic E-state index is 13.6. The van der Waals surface area contributed by atoms with Gasteiger partial charge in [0.2, 0.25) is 5.91 Å². The van der Waals surface area contributed by atoms with Gasteiger partial charge in [0, 0.05) is 48.5 Å². The van der Waals surface area contributed by atoms with Crippen LogP contribution >= 0.6 is 0 Å². The number of ether oxygens (including phenoxy) is 1. The third-order valence-corrected chi connectivity index (χ3v) is 5.48. The number of nitrogens with zero attached hydrogens (tertiary/aromatic N) is 2. The minimum Gasteiger partial charge on any atom is -0.497 e. The van der Waals surface area contributed by atoms with E-state index in [-0.39, 0.29) is 18.1 Å². The number of piperazine rings is 1. The van der Waals surface area contributed by atoms with Gasteiger partial charge in [-0.3, -0.25) is 4.79 Å². The molecule has 0 radical (unpaired) electrons. The number of carbonyl (C=O) groups is 1. The highest BCUT2D eigenvalue weighted by molar-refractivity contribution is 5.90. The van der Waals surface area contributed by atoms with E-state index in [9.17, 15) is 9.18 Å². The molecule has 0 spiro atoms. The number of rotatable bonds is 4. The van der Waals surface area contributed by atoms with Crippen LogP contribution in [0.5, 0.6) is 5.75 Å². The topological polar surface area (TPSA) is 48.6 Å². The van der Waals surface area contributed by atoms with Crippen molar-refractivity contribution in [3.05, 3.63) is 59.5 Å². The number of anilines is 1. The molecular weight excluding hydrogens is 357 g/mol. The Morgan fingerprint density at radius 1 is 1.11 bits per heavy atom. The Morgan fingerprint density at radius 2 is 1.82 bits per heavy atom. The normalized spacial score (nSPS) is 14.5. The van der Waals surface area contributed by atoms with Gasteiger partial charge in [0.15, 0.2) is 0 Å². The van der Waals surface area contributed by atoms with Gasteiger partial charge in [-0.2, -0.15) is 0 Å². The van der Waals surface area contributed by atoms with E-state index in [2.05, 4.69) is 9.88 Å². The van der Waals surface area contributed by atoms with Crippen molar-refractivity contribution in [1.29, 1.82) is 0 Å². The molecule has 0 atom stereocenters. The summed E-state index contributed by atoms with van der Waals surface area (Å²) in [6.45, 7) is 4.88. The lowest BCUT2D eigenvalue weighted by Gasteiger charge is -2.36. The van der Waals surface area contributed by atoms with Gasteiger partial charge in [-0.15, -0.1) is 0 Å². The summed E-state index contributed by atoms with van der Waals surface area (Å²) in [5, 5.41) is 0.794. The van der Waals surface area contributed by atoms with Crippen molar-refractivity contribution in [2.45, 2.75) is 13.3 Å². The second-order valence-corrected chi connectivity index (χ2v) is 7.16. The molecule has 1 aliphatic rings. The van der Waals surface area contributed by atoms with Crippen molar-refractivity contribution < 1.29 is 13.9 Å². The standard InChI is InChI=1S/C22H24FN3O2/c1-15-19(20-13-16(23)3-8-21(20)24-15)14-22(27)26-11-9-25(10-12-26)17-4-6-18(28-2)7-5-17/h3-8,13,24H,9-12,14H2,1-2H3. The fourth-order valence-electron chi connectivity index (χ4n) is 3.85. The molecule has 1 aliphatic heterocycles. The van der Waals surface area contributed by atoms with Crippen LogP contribution in [-0.2, 0) is 11.2 Å². The van der Waals surface area contributed by atoms with E-state index in [4.69, 9.17) is 4.74 Å². The van der Waals surface area contributed by atoms with Crippen LogP contribution < -0.4 is 9.64 Å². The minimum atomic E-state index is -0.284. The number of halogens is 1. The van der Waals surface area contributed by atoms with Crippen LogP contribution in [0.4, 0.5) is 10.1 Å². The summed E-state index contributed by atoms with van der Waals surface area (Å²) >= 11 is 0. The SMILES string of the molecule is COc1ccc(N2CCN(C(=O)Cc3c(C)[nH]c4ccc(F)cc34)CC2)cc1. The van der Waals surface area contributed by atoms with Gasteiger partial charge in [0.25, 0.3) is 0 Å². The Morgan fingerprint density at radius 3 is 2.50 bits per heavy atom. The van der Waals surface area contributed by atoms with Gasteiger partial charge >= 0.3 is 0 Å². The van der Waals surface area contributed by atoms with E-state index in [1.54, 1.807) is 13.2 Å². The molecule has 1 amide bonds. The highest BCUT2D eigenvalue weighted by Crippen LogP contribution is 2.25. The first kappa shape index (κ1) is 18.3. The number of hydrogen-bond donors (Lipinski definition) is 1. The number of benzene rings is 2. The van der Waals surface area contributed by atoms with E-state index >= 15 is 0 Å². The summed E-state index contributed by atoms with van der Waals surface area (Å²) in [6, 6.07) is 12.6. The van der Waals surface area contributed by atoms with E-state index < -0.39 is 0 Å². The number of methoxy groups -OCH3 is 1. The predicted octanol–water partition coefficient (Wildman–Crippen LogP) is 3.52. The number of hydrogen-bond acceptors (Lipinski definition) is 3. The van der Waals surface area contributed by atoms with Crippen LogP contribution in [0.3, 0.4) is 0 Å². The van der Waals surface area contributed by atoms with E-state index in [1.165, 1.54) is 12.1 Å². The summed E-state index contributed by atoms with van der Waals surface area (Å²) in [4.78, 5) is 20.3. The molecule has 1 saturated heterocycles. The Balaban J connectivity index is 1.42. The Labute approximate surface area is 163 Å².